The molecule has 0 saturated heterocycles. The molecule has 0 aliphatic heterocycles. The lowest BCUT2D eigenvalue weighted by atomic mass is 10.1. The highest BCUT2D eigenvalue weighted by molar-refractivity contribution is 7.90. The Bertz CT molecular complexity index is 439. The van der Waals surface area contributed by atoms with Crippen molar-refractivity contribution in [2.24, 2.45) is 0 Å². The van der Waals surface area contributed by atoms with Crippen molar-refractivity contribution in [2.45, 2.75) is 17.9 Å². The molecule has 0 aliphatic carbocycles. The van der Waals surface area contributed by atoms with Crippen molar-refractivity contribution < 1.29 is 13.2 Å². The minimum atomic E-state index is -3.11. The first-order valence-electron chi connectivity index (χ1n) is 5.47. The van der Waals surface area contributed by atoms with Gasteiger partial charge in [-0.05, 0) is 24.6 Å². The third-order valence-corrected chi connectivity index (χ3v) is 3.69. The second-order valence-electron chi connectivity index (χ2n) is 4.01. The highest BCUT2D eigenvalue weighted by Gasteiger charge is 2.08. The number of rotatable bonds is 6. The number of benzene rings is 1. The van der Waals surface area contributed by atoms with Crippen molar-refractivity contribution in [3.63, 3.8) is 0 Å². The summed E-state index contributed by atoms with van der Waals surface area (Å²) in [5.41, 5.74) is 1.06. The van der Waals surface area contributed by atoms with Crippen LogP contribution in [-0.2, 0) is 14.6 Å². The summed E-state index contributed by atoms with van der Waals surface area (Å²) in [6, 6.07) is 7.12. The Hall–Kier alpha value is -0.910. The predicted octanol–water partition coefficient (Wildman–Crippen LogP) is 1.39. The van der Waals surface area contributed by atoms with Crippen molar-refractivity contribution >= 4 is 9.84 Å². The number of hydrogen-bond acceptors (Lipinski definition) is 4. The fourth-order valence-corrected chi connectivity index (χ4v) is 2.13. The van der Waals surface area contributed by atoms with Crippen LogP contribution in [0.5, 0.6) is 0 Å². The standard InChI is InChI=1S/C12H19NO3S/c1-10(13-8-9-16-2)11-4-6-12(7-5-11)17(3,14)15/h4-7,10,13H,8-9H2,1-3H3/t10-/m1/s1. The van der Waals surface area contributed by atoms with Gasteiger partial charge in [-0.3, -0.25) is 0 Å². The SMILES string of the molecule is COCCN[C@H](C)c1ccc(S(C)(=O)=O)cc1. The fraction of sp³-hybridized carbons (Fsp3) is 0.500. The van der Waals surface area contributed by atoms with Crippen LogP contribution >= 0.6 is 0 Å². The highest BCUT2D eigenvalue weighted by Crippen LogP contribution is 2.15. The average molecular weight is 257 g/mol. The molecule has 0 saturated carbocycles. The lowest BCUT2D eigenvalue weighted by molar-refractivity contribution is 0.196. The maximum Gasteiger partial charge on any atom is 0.175 e. The summed E-state index contributed by atoms with van der Waals surface area (Å²) >= 11 is 0. The Balaban J connectivity index is 2.67. The molecule has 0 heterocycles. The van der Waals surface area contributed by atoms with Crippen LogP contribution in [0.2, 0.25) is 0 Å². The van der Waals surface area contributed by atoms with Gasteiger partial charge in [0.05, 0.1) is 11.5 Å². The van der Waals surface area contributed by atoms with Gasteiger partial charge in [-0.25, -0.2) is 8.42 Å². The van der Waals surface area contributed by atoms with Gasteiger partial charge in [0.1, 0.15) is 0 Å². The zero-order chi connectivity index (χ0) is 12.9. The Morgan fingerprint density at radius 3 is 2.35 bits per heavy atom. The van der Waals surface area contributed by atoms with E-state index in [2.05, 4.69) is 5.32 Å². The van der Waals surface area contributed by atoms with Crippen molar-refractivity contribution in [2.75, 3.05) is 26.5 Å². The molecule has 0 amide bonds. The van der Waals surface area contributed by atoms with E-state index >= 15 is 0 Å². The third-order valence-electron chi connectivity index (χ3n) is 2.56. The van der Waals surface area contributed by atoms with Gasteiger partial charge in [0.2, 0.25) is 0 Å². The Morgan fingerprint density at radius 2 is 1.88 bits per heavy atom. The molecule has 5 heteroatoms. The molecule has 1 aromatic carbocycles. The van der Waals surface area contributed by atoms with E-state index in [1.54, 1.807) is 19.2 Å². The second kappa shape index (κ2) is 6.14. The van der Waals surface area contributed by atoms with E-state index < -0.39 is 9.84 Å². The lowest BCUT2D eigenvalue weighted by Crippen LogP contribution is -2.22. The van der Waals surface area contributed by atoms with Crippen molar-refractivity contribution in [3.05, 3.63) is 29.8 Å². The minimum Gasteiger partial charge on any atom is -0.383 e. The molecule has 1 aromatic rings. The van der Waals surface area contributed by atoms with E-state index in [0.717, 1.165) is 12.1 Å². The van der Waals surface area contributed by atoms with E-state index in [4.69, 9.17) is 4.74 Å². The predicted molar refractivity (Wildman–Crippen MR) is 67.8 cm³/mol. The Labute approximate surface area is 103 Å². The molecule has 0 spiro atoms. The first-order valence-corrected chi connectivity index (χ1v) is 7.36. The van der Waals surface area contributed by atoms with Crippen LogP contribution in [0.15, 0.2) is 29.2 Å². The van der Waals surface area contributed by atoms with Crippen LogP contribution in [-0.4, -0.2) is 34.9 Å². The highest BCUT2D eigenvalue weighted by atomic mass is 32.2. The van der Waals surface area contributed by atoms with Gasteiger partial charge < -0.3 is 10.1 Å². The molecule has 17 heavy (non-hydrogen) atoms. The maximum absolute atomic E-state index is 11.3. The van der Waals surface area contributed by atoms with E-state index in [9.17, 15) is 8.42 Å². The van der Waals surface area contributed by atoms with Crippen molar-refractivity contribution in [1.29, 1.82) is 0 Å². The van der Waals surface area contributed by atoms with Gasteiger partial charge in [0, 0.05) is 26.0 Å². The van der Waals surface area contributed by atoms with E-state index in [-0.39, 0.29) is 6.04 Å². The molecular weight excluding hydrogens is 238 g/mol. The molecule has 0 bridgehead atoms. The fourth-order valence-electron chi connectivity index (χ4n) is 1.50. The van der Waals surface area contributed by atoms with Gasteiger partial charge in [-0.1, -0.05) is 12.1 Å². The number of sulfone groups is 1. The Kier molecular flexibility index (Phi) is 5.11. The topological polar surface area (TPSA) is 55.4 Å². The molecular formula is C12H19NO3S. The molecule has 4 nitrogen and oxygen atoms in total. The number of hydrogen-bond donors (Lipinski definition) is 1. The van der Waals surface area contributed by atoms with Gasteiger partial charge in [0.25, 0.3) is 0 Å². The molecule has 0 unspecified atom stereocenters. The first-order chi connectivity index (χ1) is 7.95. The quantitative estimate of drug-likeness (QED) is 0.782. The molecule has 0 fully saturated rings. The number of ether oxygens (including phenoxy) is 1. The van der Waals surface area contributed by atoms with Crippen molar-refractivity contribution in [1.82, 2.24) is 5.32 Å². The van der Waals surface area contributed by atoms with Crippen LogP contribution in [0.25, 0.3) is 0 Å². The van der Waals surface area contributed by atoms with Gasteiger partial charge in [-0.2, -0.15) is 0 Å². The van der Waals surface area contributed by atoms with E-state index in [0.29, 0.717) is 11.5 Å². The average Bonchev–Trinajstić information content (AvgIpc) is 2.28. The van der Waals surface area contributed by atoms with Crippen LogP contribution in [0.1, 0.15) is 18.5 Å². The maximum atomic E-state index is 11.3. The Morgan fingerprint density at radius 1 is 1.29 bits per heavy atom. The molecule has 1 atom stereocenters. The van der Waals surface area contributed by atoms with Crippen LogP contribution in [0, 0.1) is 0 Å². The van der Waals surface area contributed by atoms with Crippen LogP contribution in [0.3, 0.4) is 0 Å². The summed E-state index contributed by atoms with van der Waals surface area (Å²) in [5.74, 6) is 0. The van der Waals surface area contributed by atoms with Gasteiger partial charge in [-0.15, -0.1) is 0 Å². The third kappa shape index (κ3) is 4.46. The zero-order valence-electron chi connectivity index (χ0n) is 10.4. The number of methoxy groups -OCH3 is 1. The molecule has 1 rings (SSSR count). The molecule has 96 valence electrons. The van der Waals surface area contributed by atoms with Crippen LogP contribution < -0.4 is 5.32 Å². The van der Waals surface area contributed by atoms with Crippen LogP contribution in [0.4, 0.5) is 0 Å². The summed E-state index contributed by atoms with van der Waals surface area (Å²) in [7, 11) is -1.45. The molecule has 0 radical (unpaired) electrons. The normalized spacial score (nSPS) is 13.6. The molecule has 1 N–H and O–H groups in total. The van der Waals surface area contributed by atoms with Gasteiger partial charge >= 0.3 is 0 Å². The van der Waals surface area contributed by atoms with Gasteiger partial charge in [0.15, 0.2) is 9.84 Å². The van der Waals surface area contributed by atoms with E-state index in [1.807, 2.05) is 19.1 Å². The second-order valence-corrected chi connectivity index (χ2v) is 6.03. The smallest absolute Gasteiger partial charge is 0.175 e. The summed E-state index contributed by atoms with van der Waals surface area (Å²) in [6.07, 6.45) is 1.21. The van der Waals surface area contributed by atoms with Crippen molar-refractivity contribution in [3.8, 4) is 0 Å². The summed E-state index contributed by atoms with van der Waals surface area (Å²) in [5, 5.41) is 3.28. The summed E-state index contributed by atoms with van der Waals surface area (Å²) in [6.45, 7) is 3.46. The minimum absolute atomic E-state index is 0.179. The summed E-state index contributed by atoms with van der Waals surface area (Å²) in [4.78, 5) is 0.352. The largest absolute Gasteiger partial charge is 0.383 e. The zero-order valence-corrected chi connectivity index (χ0v) is 11.3. The molecule has 0 aliphatic rings. The first kappa shape index (κ1) is 14.2. The lowest BCUT2D eigenvalue weighted by Gasteiger charge is -2.14. The van der Waals surface area contributed by atoms with E-state index in [1.165, 1.54) is 6.26 Å². The molecule has 0 aromatic heterocycles. The monoisotopic (exact) mass is 257 g/mol. The number of nitrogens with one attached hydrogen (secondary N) is 1. The summed E-state index contributed by atoms with van der Waals surface area (Å²) < 4.78 is 27.5.